The summed E-state index contributed by atoms with van der Waals surface area (Å²) in [7, 11) is 0. The largest absolute Gasteiger partial charge is 0.467 e. The topological polar surface area (TPSA) is 73.0 Å². The predicted octanol–water partition coefficient (Wildman–Crippen LogP) is 4.39. The summed E-state index contributed by atoms with van der Waals surface area (Å²) >= 11 is 1.36. The predicted molar refractivity (Wildman–Crippen MR) is 108 cm³/mol. The Morgan fingerprint density at radius 1 is 1.04 bits per heavy atom. The second kappa shape index (κ2) is 8.58. The number of rotatable bonds is 7. The van der Waals surface area contributed by atoms with E-state index in [0.29, 0.717) is 11.7 Å². The number of thioether (sulfide) groups is 1. The highest BCUT2D eigenvalue weighted by molar-refractivity contribution is 8.00. The summed E-state index contributed by atoms with van der Waals surface area (Å²) in [6.45, 7) is 0.504. The molecule has 0 bridgehead atoms. The van der Waals surface area contributed by atoms with Gasteiger partial charge in [-0.1, -0.05) is 60.3 Å². The summed E-state index contributed by atoms with van der Waals surface area (Å²) in [5.41, 5.74) is 1.65. The Hall–Kier alpha value is -3.32. The minimum atomic E-state index is -0.471. The maximum Gasteiger partial charge on any atom is 0.242 e. The smallest absolute Gasteiger partial charge is 0.242 e. The second-order valence-corrected chi connectivity index (χ2v) is 7.16. The first-order valence-corrected chi connectivity index (χ1v) is 9.65. The highest BCUT2D eigenvalue weighted by Gasteiger charge is 2.24. The van der Waals surface area contributed by atoms with E-state index in [0.717, 1.165) is 17.0 Å². The van der Waals surface area contributed by atoms with Crippen molar-refractivity contribution in [1.82, 2.24) is 14.8 Å². The zero-order valence-corrected chi connectivity index (χ0v) is 15.8. The van der Waals surface area contributed by atoms with Gasteiger partial charge in [0.1, 0.15) is 17.3 Å². The summed E-state index contributed by atoms with van der Waals surface area (Å²) in [4.78, 5) is 13.1. The Morgan fingerprint density at radius 2 is 1.79 bits per heavy atom. The van der Waals surface area contributed by atoms with Crippen LogP contribution in [0.1, 0.15) is 16.6 Å². The SMILES string of the molecule is O=C(Nc1ccccc1)C(Sc1nncn1Cc1ccco1)c1ccccc1. The molecule has 28 heavy (non-hydrogen) atoms. The second-order valence-electron chi connectivity index (χ2n) is 6.08. The number of carbonyl (C=O) groups is 1. The van der Waals surface area contributed by atoms with Gasteiger partial charge in [0.2, 0.25) is 5.91 Å². The monoisotopic (exact) mass is 390 g/mol. The highest BCUT2D eigenvalue weighted by atomic mass is 32.2. The van der Waals surface area contributed by atoms with E-state index >= 15 is 0 Å². The van der Waals surface area contributed by atoms with Gasteiger partial charge in [-0.2, -0.15) is 0 Å². The molecule has 0 spiro atoms. The molecule has 0 fully saturated rings. The maximum absolute atomic E-state index is 13.1. The molecule has 0 aliphatic carbocycles. The van der Waals surface area contributed by atoms with Gasteiger partial charge in [0.25, 0.3) is 0 Å². The molecule has 2 aromatic heterocycles. The standard InChI is InChI=1S/C21H18N4O2S/c26-20(23-17-10-5-2-6-11-17)19(16-8-3-1-4-9-16)28-21-24-22-15-25(21)14-18-12-7-13-27-18/h1-13,15,19H,14H2,(H,23,26). The van der Waals surface area contributed by atoms with Crippen LogP contribution in [0.2, 0.25) is 0 Å². The molecule has 0 saturated carbocycles. The fraction of sp³-hybridized carbons (Fsp3) is 0.0952. The molecule has 6 nitrogen and oxygen atoms in total. The summed E-state index contributed by atoms with van der Waals surface area (Å²) < 4.78 is 7.28. The molecule has 1 amide bonds. The van der Waals surface area contributed by atoms with Crippen molar-refractivity contribution in [2.75, 3.05) is 5.32 Å². The number of benzene rings is 2. The van der Waals surface area contributed by atoms with E-state index in [1.54, 1.807) is 12.6 Å². The van der Waals surface area contributed by atoms with Crippen LogP contribution in [0.15, 0.2) is 95.0 Å². The van der Waals surface area contributed by atoms with Gasteiger partial charge in [-0.05, 0) is 29.8 Å². The fourth-order valence-electron chi connectivity index (χ4n) is 2.75. The average Bonchev–Trinajstić information content (AvgIpc) is 3.40. The van der Waals surface area contributed by atoms with E-state index in [9.17, 15) is 4.79 Å². The van der Waals surface area contributed by atoms with Crippen molar-refractivity contribution in [2.24, 2.45) is 0 Å². The third kappa shape index (κ3) is 4.32. The number of aromatic nitrogens is 3. The third-order valence-electron chi connectivity index (χ3n) is 4.09. The first kappa shape index (κ1) is 18.1. The summed E-state index contributed by atoms with van der Waals surface area (Å²) in [5, 5.41) is 11.4. The molecule has 1 N–H and O–H groups in total. The van der Waals surface area contributed by atoms with Crippen molar-refractivity contribution < 1.29 is 9.21 Å². The lowest BCUT2D eigenvalue weighted by Gasteiger charge is -2.17. The van der Waals surface area contributed by atoms with E-state index in [1.165, 1.54) is 11.8 Å². The van der Waals surface area contributed by atoms with Gasteiger partial charge in [-0.3, -0.25) is 4.79 Å². The van der Waals surface area contributed by atoms with Gasteiger partial charge in [0.05, 0.1) is 12.8 Å². The first-order valence-electron chi connectivity index (χ1n) is 8.77. The molecule has 1 atom stereocenters. The van der Waals surface area contributed by atoms with Gasteiger partial charge in [-0.25, -0.2) is 0 Å². The van der Waals surface area contributed by atoms with Crippen LogP contribution < -0.4 is 5.32 Å². The van der Waals surface area contributed by atoms with Crippen LogP contribution in [-0.4, -0.2) is 20.7 Å². The number of amides is 1. The van der Waals surface area contributed by atoms with Crippen molar-refractivity contribution in [3.8, 4) is 0 Å². The number of carbonyl (C=O) groups excluding carboxylic acids is 1. The Kier molecular flexibility index (Phi) is 5.53. The lowest BCUT2D eigenvalue weighted by Crippen LogP contribution is -2.19. The van der Waals surface area contributed by atoms with Crippen LogP contribution in [-0.2, 0) is 11.3 Å². The molecule has 0 saturated heterocycles. The number of hydrogen-bond acceptors (Lipinski definition) is 5. The van der Waals surface area contributed by atoms with Crippen LogP contribution in [0.4, 0.5) is 5.69 Å². The molecular weight excluding hydrogens is 372 g/mol. The third-order valence-corrected chi connectivity index (χ3v) is 5.34. The van der Waals surface area contributed by atoms with Gasteiger partial charge in [-0.15, -0.1) is 10.2 Å². The van der Waals surface area contributed by atoms with Gasteiger partial charge < -0.3 is 14.3 Å². The fourth-order valence-corrected chi connectivity index (χ4v) is 3.76. The van der Waals surface area contributed by atoms with Gasteiger partial charge >= 0.3 is 0 Å². The molecular formula is C21H18N4O2S. The molecule has 1 unspecified atom stereocenters. The quantitative estimate of drug-likeness (QED) is 0.474. The minimum absolute atomic E-state index is 0.116. The number of nitrogens with one attached hydrogen (secondary N) is 1. The molecule has 0 aliphatic heterocycles. The van der Waals surface area contributed by atoms with Crippen molar-refractivity contribution in [1.29, 1.82) is 0 Å². The lowest BCUT2D eigenvalue weighted by molar-refractivity contribution is -0.115. The Morgan fingerprint density at radius 3 is 2.50 bits per heavy atom. The molecule has 4 aromatic rings. The minimum Gasteiger partial charge on any atom is -0.467 e. The van der Waals surface area contributed by atoms with Crippen LogP contribution >= 0.6 is 11.8 Å². The van der Waals surface area contributed by atoms with Crippen LogP contribution in [0.3, 0.4) is 0 Å². The van der Waals surface area contributed by atoms with Crippen molar-refractivity contribution in [2.45, 2.75) is 17.0 Å². The number of para-hydroxylation sites is 1. The number of hydrogen-bond donors (Lipinski definition) is 1. The van der Waals surface area contributed by atoms with E-state index < -0.39 is 5.25 Å². The van der Waals surface area contributed by atoms with Gasteiger partial charge in [0.15, 0.2) is 5.16 Å². The molecule has 4 rings (SSSR count). The van der Waals surface area contributed by atoms with Crippen LogP contribution in [0.25, 0.3) is 0 Å². The molecule has 2 aromatic carbocycles. The van der Waals surface area contributed by atoms with E-state index in [4.69, 9.17) is 4.42 Å². The van der Waals surface area contributed by atoms with E-state index in [2.05, 4.69) is 15.5 Å². The Bertz CT molecular complexity index is 1020. The molecule has 0 radical (unpaired) electrons. The van der Waals surface area contributed by atoms with Crippen molar-refractivity contribution >= 4 is 23.4 Å². The van der Waals surface area contributed by atoms with E-state index in [-0.39, 0.29) is 5.91 Å². The number of nitrogens with zero attached hydrogens (tertiary/aromatic N) is 3. The Labute approximate surface area is 166 Å². The first-order chi connectivity index (χ1) is 13.8. The normalized spacial score (nSPS) is 11.9. The summed E-state index contributed by atoms with van der Waals surface area (Å²) in [6.07, 6.45) is 3.27. The Balaban J connectivity index is 1.58. The summed E-state index contributed by atoms with van der Waals surface area (Å²) in [5.74, 6) is 0.682. The lowest BCUT2D eigenvalue weighted by atomic mass is 10.1. The molecule has 0 aliphatic rings. The van der Waals surface area contributed by atoms with Crippen LogP contribution in [0, 0.1) is 0 Å². The van der Waals surface area contributed by atoms with E-state index in [1.807, 2.05) is 77.4 Å². The maximum atomic E-state index is 13.1. The number of furan rings is 1. The molecule has 2 heterocycles. The van der Waals surface area contributed by atoms with Crippen molar-refractivity contribution in [3.05, 3.63) is 96.7 Å². The zero-order valence-electron chi connectivity index (χ0n) is 14.9. The zero-order chi connectivity index (χ0) is 19.2. The number of anilines is 1. The molecule has 7 heteroatoms. The molecule has 140 valence electrons. The summed E-state index contributed by atoms with van der Waals surface area (Å²) in [6, 6.07) is 22.8. The average molecular weight is 390 g/mol. The highest BCUT2D eigenvalue weighted by Crippen LogP contribution is 2.35. The van der Waals surface area contributed by atoms with Crippen LogP contribution in [0.5, 0.6) is 0 Å². The van der Waals surface area contributed by atoms with Gasteiger partial charge in [0, 0.05) is 5.69 Å². The van der Waals surface area contributed by atoms with Crippen molar-refractivity contribution in [3.63, 3.8) is 0 Å².